The van der Waals surface area contributed by atoms with Crippen molar-refractivity contribution in [3.63, 3.8) is 0 Å². The highest BCUT2D eigenvalue weighted by atomic mass is 16.3. The molecule has 0 heterocycles. The molecular formula is C15H20O. The Bertz CT molecular complexity index is 423. The van der Waals surface area contributed by atoms with Crippen LogP contribution >= 0.6 is 0 Å². The van der Waals surface area contributed by atoms with Gasteiger partial charge in [-0.2, -0.15) is 0 Å². The molecular weight excluding hydrogens is 196 g/mol. The Kier molecular flexibility index (Phi) is 2.07. The molecule has 1 N–H and O–H groups in total. The number of phenolic OH excluding ortho intramolecular Hbond substituents is 1. The highest BCUT2D eigenvalue weighted by molar-refractivity contribution is 5.43. The molecule has 2 aliphatic carbocycles. The molecule has 16 heavy (non-hydrogen) atoms. The van der Waals surface area contributed by atoms with Crippen molar-refractivity contribution in [1.82, 2.24) is 0 Å². The monoisotopic (exact) mass is 216 g/mol. The SMILES string of the molecule is C[C@H]1C2CCCC1(C)c1cc(O)ccc1C2. The Morgan fingerprint density at radius 3 is 3.00 bits per heavy atom. The van der Waals surface area contributed by atoms with Crippen molar-refractivity contribution in [1.29, 1.82) is 0 Å². The Morgan fingerprint density at radius 2 is 2.19 bits per heavy atom. The minimum atomic E-state index is 0.301. The highest BCUT2D eigenvalue weighted by Crippen LogP contribution is 2.52. The van der Waals surface area contributed by atoms with Crippen molar-refractivity contribution >= 4 is 0 Å². The van der Waals surface area contributed by atoms with Gasteiger partial charge in [-0.05, 0) is 59.8 Å². The summed E-state index contributed by atoms with van der Waals surface area (Å²) in [6.45, 7) is 4.79. The van der Waals surface area contributed by atoms with Gasteiger partial charge in [0.25, 0.3) is 0 Å². The van der Waals surface area contributed by atoms with Crippen molar-refractivity contribution in [3.8, 4) is 5.75 Å². The molecule has 3 atom stereocenters. The van der Waals surface area contributed by atoms with Gasteiger partial charge in [-0.25, -0.2) is 0 Å². The molecule has 0 aliphatic heterocycles. The molecule has 3 rings (SSSR count). The minimum absolute atomic E-state index is 0.301. The fourth-order valence-corrected chi connectivity index (χ4v) is 3.94. The molecule has 0 radical (unpaired) electrons. The van der Waals surface area contributed by atoms with Crippen LogP contribution in [-0.4, -0.2) is 5.11 Å². The summed E-state index contributed by atoms with van der Waals surface area (Å²) < 4.78 is 0. The van der Waals surface area contributed by atoms with Gasteiger partial charge in [-0.15, -0.1) is 0 Å². The van der Waals surface area contributed by atoms with E-state index in [1.807, 2.05) is 12.1 Å². The molecule has 2 unspecified atom stereocenters. The standard InChI is InChI=1S/C15H20O/c1-10-11-4-3-7-15(10,2)14-9-13(16)6-5-12(14)8-11/h5-6,9-11,16H,3-4,7-8H2,1-2H3/t10-,11?,15?/m0/s1. The lowest BCUT2D eigenvalue weighted by atomic mass is 9.55. The van der Waals surface area contributed by atoms with E-state index in [9.17, 15) is 5.11 Å². The van der Waals surface area contributed by atoms with Gasteiger partial charge in [0, 0.05) is 0 Å². The van der Waals surface area contributed by atoms with Gasteiger partial charge < -0.3 is 5.11 Å². The molecule has 1 heteroatoms. The quantitative estimate of drug-likeness (QED) is 0.702. The van der Waals surface area contributed by atoms with Crippen molar-refractivity contribution in [2.24, 2.45) is 11.8 Å². The van der Waals surface area contributed by atoms with Crippen LogP contribution in [0.2, 0.25) is 0 Å². The van der Waals surface area contributed by atoms with E-state index in [0.717, 1.165) is 11.8 Å². The average molecular weight is 216 g/mol. The molecule has 1 fully saturated rings. The first-order chi connectivity index (χ1) is 7.61. The van der Waals surface area contributed by atoms with Crippen LogP contribution in [-0.2, 0) is 11.8 Å². The van der Waals surface area contributed by atoms with E-state index in [2.05, 4.69) is 19.9 Å². The second kappa shape index (κ2) is 3.26. The summed E-state index contributed by atoms with van der Waals surface area (Å²) in [5, 5.41) is 9.69. The van der Waals surface area contributed by atoms with Crippen LogP contribution in [0.15, 0.2) is 18.2 Å². The summed E-state index contributed by atoms with van der Waals surface area (Å²) in [4.78, 5) is 0. The summed E-state index contributed by atoms with van der Waals surface area (Å²) in [6.07, 6.45) is 5.23. The van der Waals surface area contributed by atoms with Gasteiger partial charge in [0.15, 0.2) is 0 Å². The van der Waals surface area contributed by atoms with Crippen molar-refractivity contribution in [2.75, 3.05) is 0 Å². The van der Waals surface area contributed by atoms with Gasteiger partial charge in [0.2, 0.25) is 0 Å². The zero-order chi connectivity index (χ0) is 11.3. The van der Waals surface area contributed by atoms with Crippen molar-refractivity contribution in [2.45, 2.75) is 44.9 Å². The molecule has 2 aliphatic rings. The van der Waals surface area contributed by atoms with Gasteiger partial charge in [0.1, 0.15) is 5.75 Å². The third-order valence-electron chi connectivity index (χ3n) is 5.17. The first kappa shape index (κ1) is 10.2. The predicted octanol–water partition coefficient (Wildman–Crippen LogP) is 3.64. The zero-order valence-corrected chi connectivity index (χ0v) is 10.2. The van der Waals surface area contributed by atoms with Gasteiger partial charge >= 0.3 is 0 Å². The van der Waals surface area contributed by atoms with Crippen LogP contribution in [0.4, 0.5) is 0 Å². The fraction of sp³-hybridized carbons (Fsp3) is 0.600. The first-order valence-electron chi connectivity index (χ1n) is 6.43. The van der Waals surface area contributed by atoms with E-state index in [1.54, 1.807) is 0 Å². The molecule has 1 aromatic carbocycles. The van der Waals surface area contributed by atoms with E-state index < -0.39 is 0 Å². The number of rotatable bonds is 0. The molecule has 1 aromatic rings. The number of aromatic hydroxyl groups is 1. The fourth-order valence-electron chi connectivity index (χ4n) is 3.94. The van der Waals surface area contributed by atoms with Crippen LogP contribution in [0.3, 0.4) is 0 Å². The smallest absolute Gasteiger partial charge is 0.115 e. The maximum atomic E-state index is 9.69. The van der Waals surface area contributed by atoms with Crippen LogP contribution in [0.5, 0.6) is 5.75 Å². The summed E-state index contributed by atoms with van der Waals surface area (Å²) in [5.74, 6) is 2.04. The topological polar surface area (TPSA) is 20.2 Å². The molecule has 86 valence electrons. The van der Waals surface area contributed by atoms with Crippen molar-refractivity contribution in [3.05, 3.63) is 29.3 Å². The molecule has 1 nitrogen and oxygen atoms in total. The molecule has 2 bridgehead atoms. The molecule has 0 aromatic heterocycles. The molecule has 1 saturated carbocycles. The minimum Gasteiger partial charge on any atom is -0.508 e. The molecule has 0 amide bonds. The largest absolute Gasteiger partial charge is 0.508 e. The van der Waals surface area contributed by atoms with Crippen LogP contribution < -0.4 is 0 Å². The number of benzene rings is 1. The van der Waals surface area contributed by atoms with Crippen molar-refractivity contribution < 1.29 is 5.11 Å². The lowest BCUT2D eigenvalue weighted by molar-refractivity contribution is 0.124. The third-order valence-corrected chi connectivity index (χ3v) is 5.17. The van der Waals surface area contributed by atoms with Crippen LogP contribution in [0.1, 0.15) is 44.2 Å². The van der Waals surface area contributed by atoms with E-state index in [-0.39, 0.29) is 0 Å². The van der Waals surface area contributed by atoms with E-state index in [0.29, 0.717) is 11.2 Å². The van der Waals surface area contributed by atoms with Crippen LogP contribution in [0, 0.1) is 11.8 Å². The maximum absolute atomic E-state index is 9.69. The van der Waals surface area contributed by atoms with Gasteiger partial charge in [0.05, 0.1) is 0 Å². The number of fused-ring (bicyclic) bond motifs is 4. The molecule has 0 saturated heterocycles. The Hall–Kier alpha value is -0.980. The molecule has 0 spiro atoms. The zero-order valence-electron chi connectivity index (χ0n) is 10.2. The average Bonchev–Trinajstić information content (AvgIpc) is 2.25. The summed E-state index contributed by atoms with van der Waals surface area (Å²) in [5.41, 5.74) is 3.19. The van der Waals surface area contributed by atoms with E-state index in [4.69, 9.17) is 0 Å². The lowest BCUT2D eigenvalue weighted by Crippen LogP contribution is -2.44. The normalized spacial score (nSPS) is 36.9. The second-order valence-corrected chi connectivity index (χ2v) is 5.90. The number of phenols is 1. The highest BCUT2D eigenvalue weighted by Gasteiger charge is 2.45. The number of hydrogen-bond donors (Lipinski definition) is 1. The third kappa shape index (κ3) is 1.24. The number of hydrogen-bond acceptors (Lipinski definition) is 1. The Morgan fingerprint density at radius 1 is 1.38 bits per heavy atom. The van der Waals surface area contributed by atoms with E-state index >= 15 is 0 Å². The summed E-state index contributed by atoms with van der Waals surface area (Å²) in [6, 6.07) is 5.98. The summed E-state index contributed by atoms with van der Waals surface area (Å²) >= 11 is 0. The van der Waals surface area contributed by atoms with E-state index in [1.165, 1.54) is 36.8 Å². The predicted molar refractivity (Wildman–Crippen MR) is 65.7 cm³/mol. The Balaban J connectivity index is 2.18. The van der Waals surface area contributed by atoms with Crippen LogP contribution in [0.25, 0.3) is 0 Å². The summed E-state index contributed by atoms with van der Waals surface area (Å²) in [7, 11) is 0. The Labute approximate surface area is 97.5 Å². The maximum Gasteiger partial charge on any atom is 0.115 e. The lowest BCUT2D eigenvalue weighted by Gasteiger charge is -2.50. The first-order valence-corrected chi connectivity index (χ1v) is 6.43. The second-order valence-electron chi connectivity index (χ2n) is 5.90. The van der Waals surface area contributed by atoms with Gasteiger partial charge in [-0.3, -0.25) is 0 Å². The van der Waals surface area contributed by atoms with Gasteiger partial charge in [-0.1, -0.05) is 26.3 Å².